The summed E-state index contributed by atoms with van der Waals surface area (Å²) in [6.07, 6.45) is 1.56. The van der Waals surface area contributed by atoms with Gasteiger partial charge in [0, 0.05) is 0 Å². The van der Waals surface area contributed by atoms with Crippen molar-refractivity contribution in [3.8, 4) is 17.2 Å². The van der Waals surface area contributed by atoms with Gasteiger partial charge in [0.2, 0.25) is 5.90 Å². The van der Waals surface area contributed by atoms with Crippen LogP contribution in [0.1, 0.15) is 11.1 Å². The second-order valence-electron chi connectivity index (χ2n) is 5.70. The van der Waals surface area contributed by atoms with Crippen molar-refractivity contribution >= 4 is 23.9 Å². The molecule has 8 heteroatoms. The van der Waals surface area contributed by atoms with Crippen molar-refractivity contribution in [3.63, 3.8) is 0 Å². The molecule has 0 aliphatic carbocycles. The minimum atomic E-state index is -0.597. The zero-order chi connectivity index (χ0) is 20.1. The van der Waals surface area contributed by atoms with Gasteiger partial charge < -0.3 is 24.7 Å². The molecule has 8 nitrogen and oxygen atoms in total. The molecule has 0 atom stereocenters. The van der Waals surface area contributed by atoms with E-state index in [1.807, 2.05) is 6.07 Å². The summed E-state index contributed by atoms with van der Waals surface area (Å²) < 4.78 is 21.1. The van der Waals surface area contributed by atoms with Gasteiger partial charge >= 0.3 is 5.97 Å². The Hall–Kier alpha value is -3.81. The van der Waals surface area contributed by atoms with Crippen LogP contribution < -0.4 is 19.9 Å². The number of amides is 1. The first-order chi connectivity index (χ1) is 13.5. The summed E-state index contributed by atoms with van der Waals surface area (Å²) in [5.74, 6) is 0.288. The number of ether oxygens (including phenoxy) is 4. The van der Waals surface area contributed by atoms with Crippen molar-refractivity contribution in [2.45, 2.75) is 0 Å². The van der Waals surface area contributed by atoms with Crippen LogP contribution in [0.3, 0.4) is 0 Å². The Morgan fingerprint density at radius 2 is 1.86 bits per heavy atom. The standard InChI is InChI=1S/C20H18N2O6/c1-25-15-6-4-3-5-13(15)19-22-14(20(24)28-19)9-12-7-8-16(17(10-12)26-2)27-11-18(21)23/h3-10H,11H2,1-2H3,(H2,21,23)/b14-9-. The maximum Gasteiger partial charge on any atom is 0.363 e. The van der Waals surface area contributed by atoms with E-state index >= 15 is 0 Å². The van der Waals surface area contributed by atoms with E-state index in [9.17, 15) is 9.59 Å². The minimum Gasteiger partial charge on any atom is -0.496 e. The van der Waals surface area contributed by atoms with E-state index in [2.05, 4.69) is 4.99 Å². The van der Waals surface area contributed by atoms with Crippen LogP contribution in [0.4, 0.5) is 0 Å². The smallest absolute Gasteiger partial charge is 0.363 e. The predicted octanol–water partition coefficient (Wildman–Crippen LogP) is 1.91. The van der Waals surface area contributed by atoms with Crippen molar-refractivity contribution in [2.75, 3.05) is 20.8 Å². The van der Waals surface area contributed by atoms with Gasteiger partial charge in [-0.05, 0) is 35.9 Å². The zero-order valence-corrected chi connectivity index (χ0v) is 15.3. The van der Waals surface area contributed by atoms with Crippen LogP contribution in [-0.4, -0.2) is 38.6 Å². The van der Waals surface area contributed by atoms with E-state index < -0.39 is 11.9 Å². The Morgan fingerprint density at radius 1 is 1.11 bits per heavy atom. The Kier molecular flexibility index (Phi) is 5.59. The van der Waals surface area contributed by atoms with Gasteiger partial charge in [-0.1, -0.05) is 18.2 Å². The normalized spacial score (nSPS) is 14.4. The van der Waals surface area contributed by atoms with Crippen LogP contribution in [0, 0.1) is 0 Å². The van der Waals surface area contributed by atoms with Gasteiger partial charge in [-0.2, -0.15) is 0 Å². The van der Waals surface area contributed by atoms with Gasteiger partial charge in [0.25, 0.3) is 5.91 Å². The summed E-state index contributed by atoms with van der Waals surface area (Å²) in [7, 11) is 2.99. The Bertz CT molecular complexity index is 980. The summed E-state index contributed by atoms with van der Waals surface area (Å²) in [5, 5.41) is 0. The topological polar surface area (TPSA) is 109 Å². The number of esters is 1. The quantitative estimate of drug-likeness (QED) is 0.579. The predicted molar refractivity (Wildman–Crippen MR) is 101 cm³/mol. The van der Waals surface area contributed by atoms with E-state index in [4.69, 9.17) is 24.7 Å². The molecule has 0 fully saturated rings. The fourth-order valence-electron chi connectivity index (χ4n) is 2.55. The number of methoxy groups -OCH3 is 2. The summed E-state index contributed by atoms with van der Waals surface area (Å²) >= 11 is 0. The number of hydrogen-bond acceptors (Lipinski definition) is 7. The highest BCUT2D eigenvalue weighted by atomic mass is 16.6. The monoisotopic (exact) mass is 382 g/mol. The maximum atomic E-state index is 12.2. The first-order valence-corrected chi connectivity index (χ1v) is 8.27. The number of aliphatic imine (C=N–C) groups is 1. The average molecular weight is 382 g/mol. The number of rotatable bonds is 7. The van der Waals surface area contributed by atoms with Crippen LogP contribution in [0.2, 0.25) is 0 Å². The maximum absolute atomic E-state index is 12.2. The van der Waals surface area contributed by atoms with Gasteiger partial charge in [-0.15, -0.1) is 0 Å². The lowest BCUT2D eigenvalue weighted by Crippen LogP contribution is -2.20. The molecule has 2 N–H and O–H groups in total. The Morgan fingerprint density at radius 3 is 2.57 bits per heavy atom. The molecule has 28 heavy (non-hydrogen) atoms. The number of hydrogen-bond donors (Lipinski definition) is 1. The Labute approximate surface area is 161 Å². The minimum absolute atomic E-state index is 0.133. The van der Waals surface area contributed by atoms with Gasteiger partial charge in [0.1, 0.15) is 5.75 Å². The molecule has 1 aliphatic heterocycles. The average Bonchev–Trinajstić information content (AvgIpc) is 3.06. The molecule has 0 aromatic heterocycles. The molecule has 0 bridgehead atoms. The molecule has 0 saturated heterocycles. The summed E-state index contributed by atoms with van der Waals surface area (Å²) in [4.78, 5) is 27.4. The number of carbonyl (C=O) groups excluding carboxylic acids is 2. The SMILES string of the molecule is COc1cc(/C=C2\N=C(c3ccccc3OC)OC2=O)ccc1OCC(N)=O. The lowest BCUT2D eigenvalue weighted by molar-refractivity contribution is -0.130. The summed E-state index contributed by atoms with van der Waals surface area (Å²) in [5.41, 5.74) is 6.43. The van der Waals surface area contributed by atoms with Gasteiger partial charge in [-0.3, -0.25) is 4.79 Å². The molecule has 0 radical (unpaired) electrons. The molecule has 1 aliphatic rings. The van der Waals surface area contributed by atoms with Crippen molar-refractivity contribution in [1.29, 1.82) is 0 Å². The molecule has 1 amide bonds. The van der Waals surface area contributed by atoms with Crippen molar-refractivity contribution in [2.24, 2.45) is 10.7 Å². The van der Waals surface area contributed by atoms with Crippen LogP contribution in [0.5, 0.6) is 17.2 Å². The molecule has 144 valence electrons. The third-order valence-corrected chi connectivity index (χ3v) is 3.82. The number of nitrogens with zero attached hydrogens (tertiary/aromatic N) is 1. The molecule has 0 spiro atoms. The third kappa shape index (κ3) is 4.12. The number of benzene rings is 2. The lowest BCUT2D eigenvalue weighted by Gasteiger charge is -2.09. The third-order valence-electron chi connectivity index (χ3n) is 3.82. The molecule has 2 aromatic carbocycles. The van der Waals surface area contributed by atoms with Gasteiger partial charge in [0.15, 0.2) is 23.8 Å². The molecule has 2 aromatic rings. The zero-order valence-electron chi connectivity index (χ0n) is 15.3. The van der Waals surface area contributed by atoms with Gasteiger partial charge in [0.05, 0.1) is 19.8 Å². The number of carbonyl (C=O) groups is 2. The highest BCUT2D eigenvalue weighted by Crippen LogP contribution is 2.30. The number of nitrogens with two attached hydrogens (primary N) is 1. The van der Waals surface area contributed by atoms with Gasteiger partial charge in [-0.25, -0.2) is 9.79 Å². The lowest BCUT2D eigenvalue weighted by atomic mass is 10.1. The molecular weight excluding hydrogens is 364 g/mol. The van der Waals surface area contributed by atoms with E-state index in [0.717, 1.165) is 0 Å². The van der Waals surface area contributed by atoms with E-state index in [0.29, 0.717) is 28.4 Å². The Balaban J connectivity index is 1.89. The fraction of sp³-hybridized carbons (Fsp3) is 0.150. The van der Waals surface area contributed by atoms with E-state index in [-0.39, 0.29) is 18.2 Å². The summed E-state index contributed by atoms with van der Waals surface area (Å²) in [6, 6.07) is 12.1. The number of cyclic esters (lactones) is 1. The van der Waals surface area contributed by atoms with Crippen LogP contribution in [-0.2, 0) is 14.3 Å². The highest BCUT2D eigenvalue weighted by Gasteiger charge is 2.26. The first kappa shape index (κ1) is 19.0. The molecular formula is C20H18N2O6. The molecule has 1 heterocycles. The first-order valence-electron chi connectivity index (χ1n) is 8.27. The fourth-order valence-corrected chi connectivity index (χ4v) is 2.55. The molecule has 0 unspecified atom stereocenters. The summed E-state index contributed by atoms with van der Waals surface area (Å²) in [6.45, 7) is -0.268. The van der Waals surface area contributed by atoms with Crippen molar-refractivity contribution in [3.05, 3.63) is 59.3 Å². The highest BCUT2D eigenvalue weighted by molar-refractivity contribution is 6.13. The second kappa shape index (κ2) is 8.26. The molecule has 0 saturated carbocycles. The number of primary amides is 1. The van der Waals surface area contributed by atoms with E-state index in [1.54, 1.807) is 42.5 Å². The van der Waals surface area contributed by atoms with Crippen molar-refractivity contribution in [1.82, 2.24) is 0 Å². The molecule has 3 rings (SSSR count). The van der Waals surface area contributed by atoms with Crippen LogP contribution in [0.15, 0.2) is 53.2 Å². The van der Waals surface area contributed by atoms with E-state index in [1.165, 1.54) is 14.2 Å². The van der Waals surface area contributed by atoms with Crippen LogP contribution in [0.25, 0.3) is 6.08 Å². The van der Waals surface area contributed by atoms with Crippen LogP contribution >= 0.6 is 0 Å². The number of para-hydroxylation sites is 1. The second-order valence-corrected chi connectivity index (χ2v) is 5.70. The largest absolute Gasteiger partial charge is 0.496 e. The van der Waals surface area contributed by atoms with Crippen molar-refractivity contribution < 1.29 is 28.5 Å².